The molecule has 0 bridgehead atoms. The molecule has 1 heterocycles. The monoisotopic (exact) mass is 257 g/mol. The van der Waals surface area contributed by atoms with Crippen LogP contribution in [0.15, 0.2) is 36.0 Å². The van der Waals surface area contributed by atoms with Gasteiger partial charge in [-0.05, 0) is 6.42 Å². The summed E-state index contributed by atoms with van der Waals surface area (Å²) in [5, 5.41) is 10.5. The first-order valence-corrected chi connectivity index (χ1v) is 6.15. The molecule has 0 radical (unpaired) electrons. The van der Waals surface area contributed by atoms with Crippen LogP contribution in [0.2, 0.25) is 0 Å². The fourth-order valence-corrected chi connectivity index (χ4v) is 2.06. The Hall–Kier alpha value is -1.80. The fourth-order valence-electron chi connectivity index (χ4n) is 1.03. The van der Waals surface area contributed by atoms with Gasteiger partial charge in [-0.15, -0.1) is 6.58 Å². The van der Waals surface area contributed by atoms with E-state index < -0.39 is 14.9 Å². The maximum atomic E-state index is 11.7. The number of nitrogens with one attached hydrogen (secondary N) is 1. The number of pyridine rings is 1. The molecule has 0 spiro atoms. The largest absolute Gasteiger partial charge is 0.288 e. The third kappa shape index (κ3) is 3.61. The van der Waals surface area contributed by atoms with Gasteiger partial charge in [0.05, 0.1) is 4.92 Å². The quantitative estimate of drug-likeness (QED) is 0.352. The molecule has 0 saturated heterocycles. The molecule has 0 aliphatic heterocycles. The zero-order valence-electron chi connectivity index (χ0n) is 8.87. The van der Waals surface area contributed by atoms with E-state index in [0.717, 1.165) is 18.5 Å². The van der Waals surface area contributed by atoms with E-state index in [1.165, 1.54) is 0 Å². The van der Waals surface area contributed by atoms with Gasteiger partial charge in [0.15, 0.2) is 0 Å². The van der Waals surface area contributed by atoms with Crippen LogP contribution < -0.4 is 4.72 Å². The SMILES string of the molecule is C=CCCNS(=O)(=O)c1cncc([N+](=O)[O-])c1. The van der Waals surface area contributed by atoms with Crippen molar-refractivity contribution < 1.29 is 13.3 Å². The Kier molecular flexibility index (Phi) is 4.30. The van der Waals surface area contributed by atoms with E-state index in [4.69, 9.17) is 0 Å². The van der Waals surface area contributed by atoms with Crippen LogP contribution in [0.3, 0.4) is 0 Å². The summed E-state index contributed by atoms with van der Waals surface area (Å²) in [6.07, 6.45) is 4.09. The highest BCUT2D eigenvalue weighted by atomic mass is 32.2. The Bertz CT molecular complexity index is 527. The topological polar surface area (TPSA) is 102 Å². The van der Waals surface area contributed by atoms with Crippen molar-refractivity contribution in [3.05, 3.63) is 41.2 Å². The van der Waals surface area contributed by atoms with Crippen LogP contribution in [0.25, 0.3) is 0 Å². The van der Waals surface area contributed by atoms with Crippen LogP contribution >= 0.6 is 0 Å². The fraction of sp³-hybridized carbons (Fsp3) is 0.222. The summed E-state index contributed by atoms with van der Waals surface area (Å²) < 4.78 is 25.6. The Morgan fingerprint density at radius 1 is 1.53 bits per heavy atom. The van der Waals surface area contributed by atoms with Crippen molar-refractivity contribution in [3.8, 4) is 0 Å². The second kappa shape index (κ2) is 5.51. The molecule has 1 rings (SSSR count). The van der Waals surface area contributed by atoms with E-state index in [1.807, 2.05) is 0 Å². The van der Waals surface area contributed by atoms with Crippen molar-refractivity contribution in [1.29, 1.82) is 0 Å². The summed E-state index contributed by atoms with van der Waals surface area (Å²) in [6, 6.07) is 0.962. The van der Waals surface area contributed by atoms with Crippen molar-refractivity contribution in [2.75, 3.05) is 6.54 Å². The Labute approximate surface area is 98.4 Å². The van der Waals surface area contributed by atoms with Crippen LogP contribution in [0.1, 0.15) is 6.42 Å². The Balaban J connectivity index is 2.94. The van der Waals surface area contributed by atoms with Gasteiger partial charge in [0.2, 0.25) is 10.0 Å². The molecule has 0 amide bonds. The summed E-state index contributed by atoms with van der Waals surface area (Å²) in [6.45, 7) is 3.64. The molecule has 8 heteroatoms. The molecule has 0 fully saturated rings. The zero-order chi connectivity index (χ0) is 12.9. The standard InChI is InChI=1S/C9H11N3O4S/c1-2-3-4-11-17(15,16)9-5-8(12(13)14)6-10-7-9/h2,5-7,11H,1,3-4H2. The maximum absolute atomic E-state index is 11.7. The highest BCUT2D eigenvalue weighted by Gasteiger charge is 2.17. The summed E-state index contributed by atoms with van der Waals surface area (Å²) in [5.74, 6) is 0. The van der Waals surface area contributed by atoms with Gasteiger partial charge in [-0.2, -0.15) is 0 Å². The van der Waals surface area contributed by atoms with E-state index in [9.17, 15) is 18.5 Å². The molecule has 0 aromatic carbocycles. The number of nitrogens with zero attached hydrogens (tertiary/aromatic N) is 2. The van der Waals surface area contributed by atoms with Crippen molar-refractivity contribution in [3.63, 3.8) is 0 Å². The molecular weight excluding hydrogens is 246 g/mol. The minimum absolute atomic E-state index is 0.189. The molecule has 17 heavy (non-hydrogen) atoms. The number of hydrogen-bond donors (Lipinski definition) is 1. The summed E-state index contributed by atoms with van der Waals surface area (Å²) >= 11 is 0. The van der Waals surface area contributed by atoms with E-state index in [2.05, 4.69) is 16.3 Å². The van der Waals surface area contributed by atoms with Crippen molar-refractivity contribution in [1.82, 2.24) is 9.71 Å². The van der Waals surface area contributed by atoms with Gasteiger partial charge in [-0.25, -0.2) is 13.1 Å². The number of rotatable bonds is 6. The predicted octanol–water partition coefficient (Wildman–Crippen LogP) is 0.844. The molecule has 0 unspecified atom stereocenters. The second-order valence-corrected chi connectivity index (χ2v) is 4.88. The predicted molar refractivity (Wildman–Crippen MR) is 60.9 cm³/mol. The van der Waals surface area contributed by atoms with Crippen molar-refractivity contribution in [2.24, 2.45) is 0 Å². The van der Waals surface area contributed by atoms with Crippen LogP contribution in [0.5, 0.6) is 0 Å². The van der Waals surface area contributed by atoms with Gasteiger partial charge in [0.1, 0.15) is 11.1 Å². The average molecular weight is 257 g/mol. The van der Waals surface area contributed by atoms with Gasteiger partial charge in [0, 0.05) is 18.8 Å². The van der Waals surface area contributed by atoms with Crippen LogP contribution in [-0.4, -0.2) is 24.9 Å². The van der Waals surface area contributed by atoms with Gasteiger partial charge in [-0.3, -0.25) is 15.1 Å². The zero-order valence-corrected chi connectivity index (χ0v) is 9.68. The molecule has 0 aliphatic carbocycles. The summed E-state index contributed by atoms with van der Waals surface area (Å²) in [5.41, 5.74) is -0.364. The lowest BCUT2D eigenvalue weighted by Crippen LogP contribution is -2.24. The first kappa shape index (κ1) is 13.3. The lowest BCUT2D eigenvalue weighted by molar-refractivity contribution is -0.385. The Morgan fingerprint density at radius 2 is 2.24 bits per heavy atom. The first-order chi connectivity index (χ1) is 7.97. The maximum Gasteiger partial charge on any atom is 0.288 e. The number of hydrogen-bond acceptors (Lipinski definition) is 5. The highest BCUT2D eigenvalue weighted by Crippen LogP contribution is 2.14. The molecule has 7 nitrogen and oxygen atoms in total. The van der Waals surface area contributed by atoms with Crippen LogP contribution in [0, 0.1) is 10.1 Å². The average Bonchev–Trinajstić information content (AvgIpc) is 2.29. The molecular formula is C9H11N3O4S. The summed E-state index contributed by atoms with van der Waals surface area (Å²) in [7, 11) is -3.75. The second-order valence-electron chi connectivity index (χ2n) is 3.11. The van der Waals surface area contributed by atoms with Crippen LogP contribution in [0.4, 0.5) is 5.69 Å². The van der Waals surface area contributed by atoms with Gasteiger partial charge >= 0.3 is 0 Å². The number of nitro groups is 1. The van der Waals surface area contributed by atoms with Crippen molar-refractivity contribution in [2.45, 2.75) is 11.3 Å². The van der Waals surface area contributed by atoms with Gasteiger partial charge in [0.25, 0.3) is 5.69 Å². The van der Waals surface area contributed by atoms with Gasteiger partial charge < -0.3 is 0 Å². The molecule has 92 valence electrons. The highest BCUT2D eigenvalue weighted by molar-refractivity contribution is 7.89. The minimum atomic E-state index is -3.75. The molecule has 1 aromatic rings. The smallest absolute Gasteiger partial charge is 0.258 e. The lowest BCUT2D eigenvalue weighted by atomic mass is 10.4. The number of aromatic nitrogens is 1. The molecule has 1 aromatic heterocycles. The van der Waals surface area contributed by atoms with E-state index in [-0.39, 0.29) is 17.1 Å². The molecule has 0 atom stereocenters. The van der Waals surface area contributed by atoms with Crippen LogP contribution in [-0.2, 0) is 10.0 Å². The number of sulfonamides is 1. The van der Waals surface area contributed by atoms with E-state index in [0.29, 0.717) is 6.42 Å². The van der Waals surface area contributed by atoms with E-state index in [1.54, 1.807) is 6.08 Å². The normalized spacial score (nSPS) is 11.1. The Morgan fingerprint density at radius 3 is 2.82 bits per heavy atom. The molecule has 0 saturated carbocycles. The third-order valence-electron chi connectivity index (χ3n) is 1.86. The van der Waals surface area contributed by atoms with E-state index >= 15 is 0 Å². The third-order valence-corrected chi connectivity index (χ3v) is 3.29. The minimum Gasteiger partial charge on any atom is -0.258 e. The van der Waals surface area contributed by atoms with Gasteiger partial charge in [-0.1, -0.05) is 6.08 Å². The summed E-state index contributed by atoms with van der Waals surface area (Å²) in [4.78, 5) is 13.1. The first-order valence-electron chi connectivity index (χ1n) is 4.67. The van der Waals surface area contributed by atoms with Crippen molar-refractivity contribution >= 4 is 15.7 Å². The lowest BCUT2D eigenvalue weighted by Gasteiger charge is -2.04. The molecule has 0 aliphatic rings. The molecule has 1 N–H and O–H groups in total.